The van der Waals surface area contributed by atoms with Crippen LogP contribution in [0.5, 0.6) is 0 Å². The number of hydrogen-bond donors (Lipinski definition) is 1. The molecule has 7 unspecified atom stereocenters. The van der Waals surface area contributed by atoms with Crippen molar-refractivity contribution in [1.29, 1.82) is 0 Å². The number of fused-ring (bicyclic) bond motifs is 5. The Hall–Kier alpha value is 1.45. The van der Waals surface area contributed by atoms with E-state index in [2.05, 4.69) is 39.1 Å². The number of aliphatic carboxylic acids is 1. The van der Waals surface area contributed by atoms with E-state index in [4.69, 9.17) is 9.84 Å². The van der Waals surface area contributed by atoms with Crippen LogP contribution in [0.2, 0.25) is 0 Å². The zero-order valence-corrected chi connectivity index (χ0v) is 31.1. The monoisotopic (exact) mass is 736 g/mol. The number of unbranched alkanes of at least 4 members (excludes halogenated alkanes) is 1. The summed E-state index contributed by atoms with van der Waals surface area (Å²) in [6.07, 6.45) is 19.2. The van der Waals surface area contributed by atoms with Gasteiger partial charge in [0.2, 0.25) is 0 Å². The number of carboxylic acid groups (broad SMARTS) is 1. The van der Waals surface area contributed by atoms with Gasteiger partial charge in [0.25, 0.3) is 5.97 Å². The molecule has 4 aliphatic rings. The first kappa shape index (κ1) is 37.5. The normalized spacial score (nSPS) is 35.3. The minimum atomic E-state index is -0.862. The molecule has 6 heteroatoms. The van der Waals surface area contributed by atoms with Crippen molar-refractivity contribution in [3.8, 4) is 0 Å². The smallest absolute Gasteiger partial charge is 0.651 e. The van der Waals surface area contributed by atoms with Crippen LogP contribution in [0, 0.1) is 40.4 Å². The molecule has 0 spiro atoms. The Morgan fingerprint density at radius 2 is 1.84 bits per heavy atom. The Morgan fingerprint density at radius 1 is 1.11 bits per heavy atom. The fourth-order valence-corrected chi connectivity index (χ4v) is 8.75. The van der Waals surface area contributed by atoms with Gasteiger partial charge in [-0.1, -0.05) is 72.5 Å². The first-order chi connectivity index (χ1) is 17.2. The summed E-state index contributed by atoms with van der Waals surface area (Å²) >= 11 is 0. The summed E-state index contributed by atoms with van der Waals surface area (Å²) in [5.74, 6) is 3.62. The molecule has 38 heavy (non-hydrogen) atoms. The molecule has 0 aromatic heterocycles. The molecule has 0 radical (unpaired) electrons. The van der Waals surface area contributed by atoms with Gasteiger partial charge in [0, 0.05) is 27.7 Å². The van der Waals surface area contributed by atoms with Crippen LogP contribution < -0.4 is 51.4 Å². The summed E-state index contributed by atoms with van der Waals surface area (Å²) in [5.41, 5.74) is 2.62. The number of allylic oxidation sites excluding steroid dienone is 1. The molecular weight excluding hydrogens is 681 g/mol. The zero-order chi connectivity index (χ0) is 26.3. The Kier molecular flexibility index (Phi) is 17.3. The third kappa shape index (κ3) is 8.98. The summed E-state index contributed by atoms with van der Waals surface area (Å²) in [4.78, 5) is 10.6. The topological polar surface area (TPSA) is 60.6 Å². The van der Waals surface area contributed by atoms with Crippen LogP contribution >= 0.6 is 0 Å². The van der Waals surface area contributed by atoms with Crippen LogP contribution in [0.3, 0.4) is 0 Å². The zero-order valence-electron chi connectivity index (χ0n) is 25.7. The van der Waals surface area contributed by atoms with Crippen LogP contribution in [0.25, 0.3) is 5.32 Å². The van der Waals surface area contributed by atoms with E-state index < -0.39 is 5.97 Å². The average molecular weight is 737 g/mol. The van der Waals surface area contributed by atoms with Crippen LogP contribution in [-0.2, 0) is 30.6 Å². The Balaban J connectivity index is 0.00000176. The van der Waals surface area contributed by atoms with Gasteiger partial charge in [0.1, 0.15) is 0 Å². The van der Waals surface area contributed by atoms with Crippen molar-refractivity contribution in [2.24, 2.45) is 40.4 Å². The Bertz CT molecular complexity index is 746. The van der Waals surface area contributed by atoms with E-state index in [9.17, 15) is 4.79 Å². The number of hydrogen-bond acceptors (Lipinski definition) is 2. The molecule has 0 aromatic carbocycles. The van der Waals surface area contributed by atoms with Crippen molar-refractivity contribution in [2.75, 3.05) is 19.7 Å². The summed E-state index contributed by atoms with van der Waals surface area (Å²) in [6.45, 7) is 14.9. The van der Waals surface area contributed by atoms with Gasteiger partial charge in [0.05, 0.1) is 6.10 Å². The van der Waals surface area contributed by atoms with Gasteiger partial charge < -0.3 is 15.2 Å². The molecule has 4 aliphatic carbocycles. The van der Waals surface area contributed by atoms with Crippen molar-refractivity contribution < 1.29 is 87.1 Å². The number of nitrogens with zero attached hydrogens (tertiary/aromatic N) is 1. The fourth-order valence-electron chi connectivity index (χ4n) is 8.75. The van der Waals surface area contributed by atoms with Gasteiger partial charge in [-0.15, -0.1) is 6.54 Å². The van der Waals surface area contributed by atoms with E-state index in [0.29, 0.717) is 24.0 Å². The van der Waals surface area contributed by atoms with Gasteiger partial charge in [-0.2, -0.15) is 0 Å². The molecule has 1 N–H and O–H groups in total. The number of rotatable bonds is 11. The second-order valence-electron chi connectivity index (χ2n) is 13.0. The Labute approximate surface area is 291 Å². The molecule has 0 amide bonds. The van der Waals surface area contributed by atoms with E-state index in [1.165, 1.54) is 64.2 Å². The van der Waals surface area contributed by atoms with E-state index in [0.717, 1.165) is 42.4 Å². The van der Waals surface area contributed by atoms with E-state index in [-0.39, 0.29) is 85.1 Å². The summed E-state index contributed by atoms with van der Waals surface area (Å²) in [5, 5.41) is 12.8. The fraction of sp³-hybridized carbons (Fsp3) is 0.906. The maximum atomic E-state index is 10.6. The minimum Gasteiger partial charge on any atom is -0.651 e. The molecule has 7 atom stereocenters. The Morgan fingerprint density at radius 3 is 2.53 bits per heavy atom. The van der Waals surface area contributed by atoms with Gasteiger partial charge in [0.15, 0.2) is 0 Å². The van der Waals surface area contributed by atoms with Crippen LogP contribution in [0.1, 0.15) is 119 Å². The second-order valence-corrected chi connectivity index (χ2v) is 13.0. The van der Waals surface area contributed by atoms with Crippen molar-refractivity contribution in [3.05, 3.63) is 17.0 Å². The van der Waals surface area contributed by atoms with Crippen LogP contribution in [0.4, 0.5) is 0 Å². The van der Waals surface area contributed by atoms with Crippen molar-refractivity contribution in [3.63, 3.8) is 0 Å². The largest absolute Gasteiger partial charge is 1.00 e. The minimum absolute atomic E-state index is 0. The standard InChI is InChI=1S/C30H50NO3.C2H6.K.Pt/c1-21(2)7-5-6-8-22-10-12-26-25-11-9-23-19-24(34-18-17-31-20-28(32)33)13-15-30(23,4)27(25)14-16-29(22,26)3;1-2;;/h9,21-22,24-27H,5-8,10-20H2,1-4H3,(H,32,33);1-2H3;;/q-1;;+1;. The molecular formula is C32H56KNO3Pt. The first-order valence-electron chi connectivity index (χ1n) is 15.4. The number of ether oxygens (including phenoxy) is 1. The third-order valence-corrected chi connectivity index (χ3v) is 10.7. The number of carbonyl (C=O) groups is 1. The maximum Gasteiger partial charge on any atom is 1.00 e. The van der Waals surface area contributed by atoms with E-state index in [1.54, 1.807) is 5.57 Å². The molecule has 4 rings (SSSR count). The summed E-state index contributed by atoms with van der Waals surface area (Å²) < 4.78 is 6.13. The molecule has 3 fully saturated rings. The third-order valence-electron chi connectivity index (χ3n) is 10.7. The predicted octanol–water partition coefficient (Wildman–Crippen LogP) is 5.65. The van der Waals surface area contributed by atoms with Gasteiger partial charge in [-0.25, -0.2) is 0 Å². The second kappa shape index (κ2) is 17.5. The molecule has 0 heterocycles. The van der Waals surface area contributed by atoms with Crippen molar-refractivity contribution in [1.82, 2.24) is 0 Å². The van der Waals surface area contributed by atoms with E-state index in [1.807, 2.05) is 13.8 Å². The summed E-state index contributed by atoms with van der Waals surface area (Å²) in [7, 11) is 0. The molecule has 218 valence electrons. The van der Waals surface area contributed by atoms with Gasteiger partial charge in [-0.05, 0) is 105 Å². The van der Waals surface area contributed by atoms with Crippen LogP contribution in [0.15, 0.2) is 11.6 Å². The van der Waals surface area contributed by atoms with Crippen LogP contribution in [-0.4, -0.2) is 36.9 Å². The maximum absolute atomic E-state index is 10.6. The summed E-state index contributed by atoms with van der Waals surface area (Å²) in [6, 6.07) is 0. The molecule has 0 aromatic rings. The molecule has 0 aliphatic heterocycles. The quantitative estimate of drug-likeness (QED) is 0.170. The first-order valence-corrected chi connectivity index (χ1v) is 15.4. The van der Waals surface area contributed by atoms with Crippen molar-refractivity contribution in [2.45, 2.75) is 125 Å². The van der Waals surface area contributed by atoms with Gasteiger partial charge >= 0.3 is 51.4 Å². The number of carboxylic acids is 1. The molecule has 0 saturated heterocycles. The molecule has 4 nitrogen and oxygen atoms in total. The SMILES string of the molecule is CC.CC(C)CCCCC1CCC2C3CC=C4CC(OCC[N-]CC(=O)O)CCC4(C)C3CCC12C.[K+].[Pt]. The van der Waals surface area contributed by atoms with Crippen molar-refractivity contribution >= 4 is 5.97 Å². The predicted molar refractivity (Wildman–Crippen MR) is 150 cm³/mol. The van der Waals surface area contributed by atoms with E-state index >= 15 is 0 Å². The average Bonchev–Trinajstić information content (AvgIpc) is 3.19. The molecule has 3 saturated carbocycles. The molecule has 0 bridgehead atoms. The van der Waals surface area contributed by atoms with Gasteiger partial charge in [-0.3, -0.25) is 4.79 Å².